The molecule has 3 rings (SSSR count). The van der Waals surface area contributed by atoms with Gasteiger partial charge in [0, 0.05) is 0 Å². The molecule has 0 spiro atoms. The van der Waals surface area contributed by atoms with Crippen molar-refractivity contribution < 1.29 is 4.80 Å². The summed E-state index contributed by atoms with van der Waals surface area (Å²) in [5.41, 5.74) is 0. The Labute approximate surface area is 167 Å². The van der Waals surface area contributed by atoms with Crippen molar-refractivity contribution in [3.05, 3.63) is 60.7 Å². The van der Waals surface area contributed by atoms with Crippen LogP contribution in [-0.2, 0) is 0 Å². The zero-order valence-corrected chi connectivity index (χ0v) is 18.3. The van der Waals surface area contributed by atoms with E-state index in [4.69, 9.17) is 0 Å². The largest absolute Gasteiger partial charge is 0.424 e. The fraction of sp³-hybridized carbons (Fsp3) is 0.520. The van der Waals surface area contributed by atoms with Gasteiger partial charge < -0.3 is 4.80 Å². The fourth-order valence-corrected chi connectivity index (χ4v) is 8.56. The van der Waals surface area contributed by atoms with Gasteiger partial charge in [0.15, 0.2) is 0 Å². The van der Waals surface area contributed by atoms with Crippen LogP contribution in [-0.4, -0.2) is 13.1 Å². The standard InChI is InChI=1S/C25H36OSi/c1-4-5-13-21-20-22(21)14-12-19-25(2,3)27(26,23-15-8-6-9-16-23)24-17-10-7-11-18-24/h6-11,15-18,21-22,26H,4-5,12-14,19-20H2,1-3H3. The molecule has 2 atom stereocenters. The molecule has 0 aliphatic heterocycles. The molecule has 2 aromatic carbocycles. The predicted octanol–water partition coefficient (Wildman–Crippen LogP) is 5.52. The third-order valence-corrected chi connectivity index (χ3v) is 11.3. The number of hydrogen-bond acceptors (Lipinski definition) is 1. The maximum Gasteiger partial charge on any atom is 0.258 e. The molecule has 1 aliphatic carbocycles. The van der Waals surface area contributed by atoms with Crippen LogP contribution in [0.2, 0.25) is 5.04 Å². The Bertz CT molecular complexity index is 655. The van der Waals surface area contributed by atoms with Crippen LogP contribution < -0.4 is 10.4 Å². The first kappa shape index (κ1) is 20.4. The maximum atomic E-state index is 12.2. The van der Waals surface area contributed by atoms with Gasteiger partial charge in [-0.2, -0.15) is 0 Å². The summed E-state index contributed by atoms with van der Waals surface area (Å²) in [4.78, 5) is 12.2. The minimum atomic E-state index is -2.82. The molecule has 0 bridgehead atoms. The van der Waals surface area contributed by atoms with Crippen molar-refractivity contribution >= 4 is 18.7 Å². The average Bonchev–Trinajstić information content (AvgIpc) is 3.45. The van der Waals surface area contributed by atoms with E-state index in [-0.39, 0.29) is 5.04 Å². The molecular weight excluding hydrogens is 344 g/mol. The van der Waals surface area contributed by atoms with E-state index in [2.05, 4.69) is 69.3 Å². The first-order valence-electron chi connectivity index (χ1n) is 10.8. The molecule has 1 N–H and O–H groups in total. The quantitative estimate of drug-likeness (QED) is 0.538. The predicted molar refractivity (Wildman–Crippen MR) is 119 cm³/mol. The Balaban J connectivity index is 1.72. The second-order valence-corrected chi connectivity index (χ2v) is 13.0. The third-order valence-electron chi connectivity index (χ3n) is 6.74. The normalized spacial score (nSPS) is 19.9. The SMILES string of the molecule is CCCCC1CC1CCCC(C)(C)[Si](O)(c1ccccc1)c1ccccc1. The van der Waals surface area contributed by atoms with Gasteiger partial charge in [0.25, 0.3) is 8.32 Å². The number of benzene rings is 2. The zero-order valence-electron chi connectivity index (χ0n) is 17.3. The summed E-state index contributed by atoms with van der Waals surface area (Å²) in [5.74, 6) is 1.95. The van der Waals surface area contributed by atoms with Crippen molar-refractivity contribution in [1.29, 1.82) is 0 Å². The second-order valence-electron chi connectivity index (χ2n) is 9.12. The Hall–Kier alpha value is -1.38. The van der Waals surface area contributed by atoms with Crippen LogP contribution in [0, 0.1) is 11.8 Å². The molecule has 146 valence electrons. The van der Waals surface area contributed by atoms with Crippen LogP contribution in [0.4, 0.5) is 0 Å². The van der Waals surface area contributed by atoms with Crippen molar-refractivity contribution in [3.63, 3.8) is 0 Å². The van der Waals surface area contributed by atoms with Crippen LogP contribution in [0.1, 0.15) is 65.7 Å². The molecule has 0 radical (unpaired) electrons. The van der Waals surface area contributed by atoms with Crippen molar-refractivity contribution in [2.75, 3.05) is 0 Å². The minimum absolute atomic E-state index is 0.0937. The Morgan fingerprint density at radius 3 is 1.81 bits per heavy atom. The van der Waals surface area contributed by atoms with E-state index < -0.39 is 8.32 Å². The van der Waals surface area contributed by atoms with Gasteiger partial charge in [0.05, 0.1) is 0 Å². The topological polar surface area (TPSA) is 20.2 Å². The molecule has 1 saturated carbocycles. The average molecular weight is 381 g/mol. The molecule has 27 heavy (non-hydrogen) atoms. The lowest BCUT2D eigenvalue weighted by Crippen LogP contribution is -2.65. The third kappa shape index (κ3) is 4.55. The van der Waals surface area contributed by atoms with Crippen molar-refractivity contribution in [2.24, 2.45) is 11.8 Å². The van der Waals surface area contributed by atoms with Gasteiger partial charge >= 0.3 is 0 Å². The Morgan fingerprint density at radius 2 is 1.33 bits per heavy atom. The van der Waals surface area contributed by atoms with Crippen molar-refractivity contribution in [1.82, 2.24) is 0 Å². The fourth-order valence-electron chi connectivity index (χ4n) is 4.78. The van der Waals surface area contributed by atoms with E-state index in [1.165, 1.54) is 38.5 Å². The van der Waals surface area contributed by atoms with E-state index in [9.17, 15) is 4.80 Å². The van der Waals surface area contributed by atoms with E-state index >= 15 is 0 Å². The van der Waals surface area contributed by atoms with Gasteiger partial charge in [-0.05, 0) is 40.1 Å². The molecule has 1 aliphatic rings. The van der Waals surface area contributed by atoms with Crippen molar-refractivity contribution in [3.8, 4) is 0 Å². The van der Waals surface area contributed by atoms with Gasteiger partial charge in [-0.15, -0.1) is 0 Å². The highest BCUT2D eigenvalue weighted by Crippen LogP contribution is 2.47. The second kappa shape index (κ2) is 8.75. The molecule has 2 heteroatoms. The lowest BCUT2D eigenvalue weighted by molar-refractivity contribution is 0.441. The maximum absolute atomic E-state index is 12.2. The molecule has 2 aromatic rings. The lowest BCUT2D eigenvalue weighted by Gasteiger charge is -2.41. The van der Waals surface area contributed by atoms with Crippen molar-refractivity contribution in [2.45, 2.75) is 70.8 Å². The minimum Gasteiger partial charge on any atom is -0.424 e. The zero-order chi connectivity index (χ0) is 19.3. The summed E-state index contributed by atoms with van der Waals surface area (Å²) >= 11 is 0. The van der Waals surface area contributed by atoms with Crippen LogP contribution in [0.5, 0.6) is 0 Å². The summed E-state index contributed by atoms with van der Waals surface area (Å²) in [6.07, 6.45) is 9.25. The van der Waals surface area contributed by atoms with E-state index in [0.29, 0.717) is 0 Å². The van der Waals surface area contributed by atoms with Gasteiger partial charge in [-0.1, -0.05) is 114 Å². The molecule has 2 unspecified atom stereocenters. The number of unbranched alkanes of at least 4 members (excludes halogenated alkanes) is 1. The van der Waals surface area contributed by atoms with Crippen LogP contribution in [0.15, 0.2) is 60.7 Å². The van der Waals surface area contributed by atoms with Gasteiger partial charge in [-0.25, -0.2) is 0 Å². The molecular formula is C25H36OSi. The first-order valence-corrected chi connectivity index (χ1v) is 12.8. The molecule has 1 nitrogen and oxygen atoms in total. The van der Waals surface area contributed by atoms with E-state index in [0.717, 1.165) is 28.6 Å². The van der Waals surface area contributed by atoms with E-state index in [1.807, 2.05) is 12.1 Å². The summed E-state index contributed by atoms with van der Waals surface area (Å²) in [5, 5.41) is 2.17. The Morgan fingerprint density at radius 1 is 0.852 bits per heavy atom. The monoisotopic (exact) mass is 380 g/mol. The smallest absolute Gasteiger partial charge is 0.258 e. The molecule has 0 amide bonds. The van der Waals surface area contributed by atoms with Crippen LogP contribution in [0.25, 0.3) is 0 Å². The molecule has 1 fully saturated rings. The number of hydrogen-bond donors (Lipinski definition) is 1. The lowest BCUT2D eigenvalue weighted by atomic mass is 10.0. The highest BCUT2D eigenvalue weighted by molar-refractivity contribution is 6.98. The van der Waals surface area contributed by atoms with Gasteiger partial charge in [0.2, 0.25) is 0 Å². The van der Waals surface area contributed by atoms with Crippen LogP contribution in [0.3, 0.4) is 0 Å². The highest BCUT2D eigenvalue weighted by Gasteiger charge is 2.49. The summed E-state index contributed by atoms with van der Waals surface area (Å²) in [6, 6.07) is 20.9. The first-order chi connectivity index (χ1) is 13.0. The summed E-state index contributed by atoms with van der Waals surface area (Å²) in [6.45, 7) is 6.87. The molecule has 0 aromatic heterocycles. The highest BCUT2D eigenvalue weighted by atomic mass is 28.4. The van der Waals surface area contributed by atoms with E-state index in [1.54, 1.807) is 0 Å². The summed E-state index contributed by atoms with van der Waals surface area (Å²) < 4.78 is 0. The van der Waals surface area contributed by atoms with Crippen LogP contribution >= 0.6 is 0 Å². The molecule has 0 saturated heterocycles. The number of rotatable bonds is 10. The summed E-state index contributed by atoms with van der Waals surface area (Å²) in [7, 11) is -2.82. The Kier molecular flexibility index (Phi) is 6.59. The van der Waals surface area contributed by atoms with Gasteiger partial charge in [0.1, 0.15) is 0 Å². The van der Waals surface area contributed by atoms with Gasteiger partial charge in [-0.3, -0.25) is 0 Å². The molecule has 0 heterocycles.